The predicted molar refractivity (Wildman–Crippen MR) is 85.1 cm³/mol. The van der Waals surface area contributed by atoms with Crippen molar-refractivity contribution in [1.29, 1.82) is 0 Å². The van der Waals surface area contributed by atoms with E-state index >= 15 is 0 Å². The first-order valence-corrected chi connectivity index (χ1v) is 7.57. The van der Waals surface area contributed by atoms with Crippen molar-refractivity contribution < 1.29 is 4.79 Å². The molecule has 1 aromatic heterocycles. The van der Waals surface area contributed by atoms with Crippen LogP contribution in [0.3, 0.4) is 0 Å². The number of carbonyl (C=O) groups excluding carboxylic acids is 1. The van der Waals surface area contributed by atoms with Gasteiger partial charge < -0.3 is 10.2 Å². The van der Waals surface area contributed by atoms with E-state index in [1.54, 1.807) is 6.20 Å². The third-order valence-electron chi connectivity index (χ3n) is 2.94. The lowest BCUT2D eigenvalue weighted by Gasteiger charge is -2.22. The first-order chi connectivity index (χ1) is 9.56. The van der Waals surface area contributed by atoms with E-state index in [1.165, 1.54) is 0 Å². The monoisotopic (exact) mass is 277 g/mol. The van der Waals surface area contributed by atoms with Gasteiger partial charge in [0, 0.05) is 19.5 Å². The minimum Gasteiger partial charge on any atom is -0.357 e. The van der Waals surface area contributed by atoms with Crippen LogP contribution in [-0.2, 0) is 4.79 Å². The Labute approximate surface area is 122 Å². The largest absolute Gasteiger partial charge is 0.357 e. The number of nitrogens with zero attached hydrogens (tertiary/aromatic N) is 2. The summed E-state index contributed by atoms with van der Waals surface area (Å²) in [5, 5.41) is 2.88. The second kappa shape index (κ2) is 8.56. The molecule has 0 atom stereocenters. The van der Waals surface area contributed by atoms with Crippen LogP contribution in [0.2, 0.25) is 0 Å². The van der Waals surface area contributed by atoms with Gasteiger partial charge in [-0.05, 0) is 30.9 Å². The van der Waals surface area contributed by atoms with Crippen LogP contribution in [0.15, 0.2) is 18.3 Å². The quantitative estimate of drug-likeness (QED) is 0.788. The summed E-state index contributed by atoms with van der Waals surface area (Å²) >= 11 is 0. The van der Waals surface area contributed by atoms with Gasteiger partial charge in [0.25, 0.3) is 0 Å². The van der Waals surface area contributed by atoms with Crippen LogP contribution in [0.5, 0.6) is 0 Å². The van der Waals surface area contributed by atoms with Crippen LogP contribution in [0.4, 0.5) is 11.5 Å². The van der Waals surface area contributed by atoms with Gasteiger partial charge in [-0.1, -0.05) is 27.7 Å². The first-order valence-electron chi connectivity index (χ1n) is 7.57. The van der Waals surface area contributed by atoms with E-state index in [0.29, 0.717) is 12.3 Å². The molecule has 4 heteroatoms. The number of nitrogens with one attached hydrogen (secondary N) is 1. The summed E-state index contributed by atoms with van der Waals surface area (Å²) in [6.07, 6.45) is 4.49. The number of amides is 1. The summed E-state index contributed by atoms with van der Waals surface area (Å²) in [6.45, 7) is 10.4. The Morgan fingerprint density at radius 1 is 1.25 bits per heavy atom. The average molecular weight is 277 g/mol. The molecule has 1 heterocycles. The van der Waals surface area contributed by atoms with Gasteiger partial charge in [0.1, 0.15) is 5.82 Å². The summed E-state index contributed by atoms with van der Waals surface area (Å²) < 4.78 is 0. The highest BCUT2D eigenvalue weighted by Gasteiger charge is 2.08. The van der Waals surface area contributed by atoms with Crippen molar-refractivity contribution in [3.8, 4) is 0 Å². The molecule has 0 aromatic carbocycles. The number of carbonyl (C=O) groups is 1. The molecule has 0 aliphatic heterocycles. The number of hydrogen-bond acceptors (Lipinski definition) is 3. The van der Waals surface area contributed by atoms with E-state index in [1.807, 2.05) is 26.0 Å². The molecule has 0 spiro atoms. The molecule has 0 saturated heterocycles. The number of rotatable bonds is 8. The van der Waals surface area contributed by atoms with E-state index in [0.717, 1.165) is 37.4 Å². The van der Waals surface area contributed by atoms with E-state index in [-0.39, 0.29) is 5.91 Å². The Kier molecular flexibility index (Phi) is 7.05. The van der Waals surface area contributed by atoms with Crippen molar-refractivity contribution in [3.63, 3.8) is 0 Å². The van der Waals surface area contributed by atoms with Crippen molar-refractivity contribution in [2.45, 2.75) is 47.0 Å². The highest BCUT2D eigenvalue weighted by Crippen LogP contribution is 2.15. The van der Waals surface area contributed by atoms with Crippen LogP contribution >= 0.6 is 0 Å². The molecule has 0 aliphatic carbocycles. The molecule has 112 valence electrons. The van der Waals surface area contributed by atoms with Gasteiger partial charge in [-0.15, -0.1) is 0 Å². The number of hydrogen-bond donors (Lipinski definition) is 1. The Balaban J connectivity index is 2.64. The van der Waals surface area contributed by atoms with Crippen molar-refractivity contribution in [3.05, 3.63) is 18.3 Å². The van der Waals surface area contributed by atoms with Crippen LogP contribution < -0.4 is 10.2 Å². The highest BCUT2D eigenvalue weighted by molar-refractivity contribution is 5.90. The second-order valence-electron chi connectivity index (χ2n) is 5.54. The summed E-state index contributed by atoms with van der Waals surface area (Å²) in [5.41, 5.74) is 0.771. The molecule has 0 saturated carbocycles. The zero-order valence-electron chi connectivity index (χ0n) is 13.1. The molecular formula is C16H27N3O. The summed E-state index contributed by atoms with van der Waals surface area (Å²) in [5.74, 6) is 1.40. The first kappa shape index (κ1) is 16.5. The minimum absolute atomic E-state index is 0.0496. The van der Waals surface area contributed by atoms with E-state index in [2.05, 4.69) is 29.0 Å². The van der Waals surface area contributed by atoms with Crippen molar-refractivity contribution in [2.24, 2.45) is 5.92 Å². The lowest BCUT2D eigenvalue weighted by Crippen LogP contribution is -2.25. The molecule has 4 nitrogen and oxygen atoms in total. The summed E-state index contributed by atoms with van der Waals surface area (Å²) in [4.78, 5) is 18.4. The van der Waals surface area contributed by atoms with Gasteiger partial charge in [0.15, 0.2) is 0 Å². The number of anilines is 2. The van der Waals surface area contributed by atoms with Gasteiger partial charge >= 0.3 is 0 Å². The topological polar surface area (TPSA) is 45.2 Å². The maximum atomic E-state index is 11.7. The molecule has 1 aromatic rings. The SMILES string of the molecule is CCCN(CCC)c1ccc(NC(=O)CC(C)C)cn1. The average Bonchev–Trinajstić information content (AvgIpc) is 2.38. The van der Waals surface area contributed by atoms with Gasteiger partial charge in [0.05, 0.1) is 11.9 Å². The highest BCUT2D eigenvalue weighted by atomic mass is 16.1. The maximum absolute atomic E-state index is 11.7. The fraction of sp³-hybridized carbons (Fsp3) is 0.625. The van der Waals surface area contributed by atoms with Gasteiger partial charge in [0.2, 0.25) is 5.91 Å². The maximum Gasteiger partial charge on any atom is 0.224 e. The lowest BCUT2D eigenvalue weighted by molar-refractivity contribution is -0.116. The molecule has 0 aliphatic rings. The Morgan fingerprint density at radius 2 is 1.90 bits per heavy atom. The van der Waals surface area contributed by atoms with Crippen molar-refractivity contribution >= 4 is 17.4 Å². The lowest BCUT2D eigenvalue weighted by atomic mass is 10.1. The van der Waals surface area contributed by atoms with Crippen LogP contribution in [-0.4, -0.2) is 24.0 Å². The van der Waals surface area contributed by atoms with E-state index in [4.69, 9.17) is 0 Å². The molecule has 0 unspecified atom stereocenters. The number of aromatic nitrogens is 1. The molecule has 0 radical (unpaired) electrons. The third-order valence-corrected chi connectivity index (χ3v) is 2.94. The predicted octanol–water partition coefficient (Wildman–Crippen LogP) is 3.69. The molecule has 0 fully saturated rings. The van der Waals surface area contributed by atoms with Crippen molar-refractivity contribution in [1.82, 2.24) is 4.98 Å². The smallest absolute Gasteiger partial charge is 0.224 e. The van der Waals surface area contributed by atoms with E-state index in [9.17, 15) is 4.79 Å². The van der Waals surface area contributed by atoms with Gasteiger partial charge in [-0.2, -0.15) is 0 Å². The molecular weight excluding hydrogens is 250 g/mol. The van der Waals surface area contributed by atoms with Crippen molar-refractivity contribution in [2.75, 3.05) is 23.3 Å². The Hall–Kier alpha value is -1.58. The fourth-order valence-electron chi connectivity index (χ4n) is 2.11. The zero-order valence-corrected chi connectivity index (χ0v) is 13.1. The molecule has 1 N–H and O–H groups in total. The molecule has 1 amide bonds. The van der Waals surface area contributed by atoms with Crippen LogP contribution in [0, 0.1) is 5.92 Å². The molecule has 1 rings (SSSR count). The Bertz CT molecular complexity index is 395. The number of pyridine rings is 1. The normalized spacial score (nSPS) is 10.7. The summed E-state index contributed by atoms with van der Waals surface area (Å²) in [6, 6.07) is 3.91. The Morgan fingerprint density at radius 3 is 2.35 bits per heavy atom. The van der Waals surface area contributed by atoms with Gasteiger partial charge in [-0.25, -0.2) is 4.98 Å². The standard InChI is InChI=1S/C16H27N3O/c1-5-9-19(10-6-2)15-8-7-14(12-17-15)18-16(20)11-13(3)4/h7-8,12-13H,5-6,9-11H2,1-4H3,(H,18,20). The second-order valence-corrected chi connectivity index (χ2v) is 5.54. The van der Waals surface area contributed by atoms with Gasteiger partial charge in [-0.3, -0.25) is 4.79 Å². The third kappa shape index (κ3) is 5.59. The van der Waals surface area contributed by atoms with Crippen LogP contribution in [0.1, 0.15) is 47.0 Å². The molecule has 0 bridgehead atoms. The fourth-order valence-corrected chi connectivity index (χ4v) is 2.11. The molecule has 20 heavy (non-hydrogen) atoms. The summed E-state index contributed by atoms with van der Waals surface area (Å²) in [7, 11) is 0. The zero-order chi connectivity index (χ0) is 15.0. The van der Waals surface area contributed by atoms with Crippen LogP contribution in [0.25, 0.3) is 0 Å². The van der Waals surface area contributed by atoms with E-state index < -0.39 is 0 Å². The minimum atomic E-state index is 0.0496.